The third kappa shape index (κ3) is 3.80. The molecule has 0 amide bonds. The molecular formula is C13H11N5O2S. The van der Waals surface area contributed by atoms with Gasteiger partial charge >= 0.3 is 0 Å². The minimum Gasteiger partial charge on any atom is -0.375 e. The average Bonchev–Trinajstić information content (AvgIpc) is 2.48. The molecule has 0 spiro atoms. The summed E-state index contributed by atoms with van der Waals surface area (Å²) in [5.74, 6) is 0. The summed E-state index contributed by atoms with van der Waals surface area (Å²) in [4.78, 5) is 14.6. The van der Waals surface area contributed by atoms with Crippen molar-refractivity contribution in [1.82, 2.24) is 10.4 Å². The molecule has 0 bridgehead atoms. The van der Waals surface area contributed by atoms with Crippen molar-refractivity contribution in [1.29, 1.82) is 0 Å². The van der Waals surface area contributed by atoms with E-state index < -0.39 is 4.92 Å². The predicted molar refractivity (Wildman–Crippen MR) is 82.9 cm³/mol. The van der Waals surface area contributed by atoms with Gasteiger partial charge in [-0.3, -0.25) is 20.5 Å². The maximum atomic E-state index is 10.9. The molecule has 2 rings (SSSR count). The summed E-state index contributed by atoms with van der Waals surface area (Å²) in [5, 5.41) is 14.9. The van der Waals surface area contributed by atoms with Crippen molar-refractivity contribution in [2.75, 3.05) is 0 Å². The Morgan fingerprint density at radius 2 is 2.14 bits per heavy atom. The summed E-state index contributed by atoms with van der Waals surface area (Å²) in [6.07, 6.45) is 1.60. The zero-order chi connectivity index (χ0) is 15.2. The Morgan fingerprint density at radius 3 is 2.76 bits per heavy atom. The maximum Gasteiger partial charge on any atom is 0.270 e. The Labute approximate surface area is 125 Å². The lowest BCUT2D eigenvalue weighted by Gasteiger charge is -2.06. The molecule has 3 N–H and O–H groups in total. The van der Waals surface area contributed by atoms with Gasteiger partial charge in [0, 0.05) is 23.9 Å². The van der Waals surface area contributed by atoms with Crippen molar-refractivity contribution in [3.05, 3.63) is 70.0 Å². The van der Waals surface area contributed by atoms with Gasteiger partial charge in [0.25, 0.3) is 5.69 Å². The van der Waals surface area contributed by atoms with Crippen LogP contribution in [-0.2, 0) is 0 Å². The molecule has 1 aromatic carbocycles. The standard InChI is InChI=1S/C13H11N5O2S/c14-13(21)17-16-12(11-6-1-2-7-15-11)9-4-3-5-10(8-9)18(19)20/h1-8H,(H3,14,17,21)/b16-12+. The molecule has 0 unspecified atom stereocenters. The van der Waals surface area contributed by atoms with Gasteiger partial charge in [-0.15, -0.1) is 0 Å². The molecular weight excluding hydrogens is 290 g/mol. The monoisotopic (exact) mass is 301 g/mol. The molecule has 21 heavy (non-hydrogen) atoms. The first-order valence-electron chi connectivity index (χ1n) is 5.87. The van der Waals surface area contributed by atoms with Gasteiger partial charge < -0.3 is 5.73 Å². The van der Waals surface area contributed by atoms with Crippen LogP contribution in [0.2, 0.25) is 0 Å². The normalized spacial score (nSPS) is 11.0. The molecule has 0 atom stereocenters. The smallest absolute Gasteiger partial charge is 0.270 e. The van der Waals surface area contributed by atoms with Crippen LogP contribution >= 0.6 is 12.2 Å². The molecule has 7 nitrogen and oxygen atoms in total. The zero-order valence-corrected chi connectivity index (χ0v) is 11.6. The Balaban J connectivity index is 2.50. The summed E-state index contributed by atoms with van der Waals surface area (Å²) < 4.78 is 0. The van der Waals surface area contributed by atoms with Gasteiger partial charge in [0.15, 0.2) is 5.11 Å². The Morgan fingerprint density at radius 1 is 1.33 bits per heavy atom. The largest absolute Gasteiger partial charge is 0.375 e. The van der Waals surface area contributed by atoms with Crippen LogP contribution in [0.25, 0.3) is 0 Å². The van der Waals surface area contributed by atoms with E-state index in [-0.39, 0.29) is 10.8 Å². The molecule has 0 saturated heterocycles. The highest BCUT2D eigenvalue weighted by molar-refractivity contribution is 7.80. The fraction of sp³-hybridized carbons (Fsp3) is 0. The quantitative estimate of drug-likeness (QED) is 0.384. The summed E-state index contributed by atoms with van der Waals surface area (Å²) >= 11 is 4.71. The fourth-order valence-corrected chi connectivity index (χ4v) is 1.70. The molecule has 0 fully saturated rings. The number of non-ortho nitro benzene ring substituents is 1. The molecule has 0 aliphatic rings. The summed E-state index contributed by atoms with van der Waals surface area (Å²) in [5.41, 5.74) is 9.29. The second kappa shape index (κ2) is 6.53. The van der Waals surface area contributed by atoms with Crippen LogP contribution in [0.15, 0.2) is 53.8 Å². The van der Waals surface area contributed by atoms with Gasteiger partial charge in [-0.1, -0.05) is 18.2 Å². The third-order valence-corrected chi connectivity index (χ3v) is 2.61. The number of hydrogen-bond acceptors (Lipinski definition) is 5. The zero-order valence-electron chi connectivity index (χ0n) is 10.8. The lowest BCUT2D eigenvalue weighted by molar-refractivity contribution is -0.384. The second-order valence-corrected chi connectivity index (χ2v) is 4.40. The molecule has 0 saturated carbocycles. The van der Waals surface area contributed by atoms with Crippen LogP contribution < -0.4 is 11.2 Å². The van der Waals surface area contributed by atoms with Crippen molar-refractivity contribution in [2.45, 2.75) is 0 Å². The summed E-state index contributed by atoms with van der Waals surface area (Å²) in [6.45, 7) is 0. The number of nitrogens with two attached hydrogens (primary N) is 1. The van der Waals surface area contributed by atoms with Gasteiger partial charge in [-0.2, -0.15) is 5.10 Å². The van der Waals surface area contributed by atoms with Crippen LogP contribution in [0.5, 0.6) is 0 Å². The average molecular weight is 301 g/mol. The first-order chi connectivity index (χ1) is 10.1. The minimum atomic E-state index is -0.472. The highest BCUT2D eigenvalue weighted by Crippen LogP contribution is 2.16. The number of hydrazone groups is 1. The number of rotatable bonds is 4. The van der Waals surface area contributed by atoms with Crippen molar-refractivity contribution < 1.29 is 4.92 Å². The predicted octanol–water partition coefficient (Wildman–Crippen LogP) is 1.58. The van der Waals surface area contributed by atoms with E-state index in [1.807, 2.05) is 0 Å². The highest BCUT2D eigenvalue weighted by Gasteiger charge is 2.13. The van der Waals surface area contributed by atoms with Gasteiger partial charge in [0.1, 0.15) is 5.71 Å². The van der Waals surface area contributed by atoms with Crippen LogP contribution in [0, 0.1) is 10.1 Å². The van der Waals surface area contributed by atoms with Gasteiger partial charge in [-0.25, -0.2) is 0 Å². The number of aromatic nitrogens is 1. The molecule has 106 valence electrons. The fourth-order valence-electron chi connectivity index (χ4n) is 1.65. The summed E-state index contributed by atoms with van der Waals surface area (Å²) in [7, 11) is 0. The van der Waals surface area contributed by atoms with E-state index in [0.29, 0.717) is 17.0 Å². The van der Waals surface area contributed by atoms with E-state index in [4.69, 9.17) is 18.0 Å². The van der Waals surface area contributed by atoms with Crippen LogP contribution in [0.4, 0.5) is 5.69 Å². The summed E-state index contributed by atoms with van der Waals surface area (Å²) in [6, 6.07) is 11.4. The van der Waals surface area contributed by atoms with Crippen molar-refractivity contribution >= 4 is 28.7 Å². The van der Waals surface area contributed by atoms with E-state index in [9.17, 15) is 10.1 Å². The molecule has 1 heterocycles. The number of pyridine rings is 1. The first-order valence-corrected chi connectivity index (χ1v) is 6.28. The molecule has 0 aliphatic carbocycles. The van der Waals surface area contributed by atoms with E-state index in [2.05, 4.69) is 15.5 Å². The van der Waals surface area contributed by atoms with E-state index >= 15 is 0 Å². The molecule has 8 heteroatoms. The third-order valence-electron chi connectivity index (χ3n) is 2.52. The number of nitrogens with one attached hydrogen (secondary N) is 1. The highest BCUT2D eigenvalue weighted by atomic mass is 32.1. The van der Waals surface area contributed by atoms with E-state index in [1.165, 1.54) is 12.1 Å². The number of benzene rings is 1. The van der Waals surface area contributed by atoms with Gasteiger partial charge in [0.2, 0.25) is 0 Å². The Bertz CT molecular complexity index is 703. The molecule has 1 aromatic heterocycles. The Hall–Kier alpha value is -2.87. The van der Waals surface area contributed by atoms with Crippen LogP contribution in [0.3, 0.4) is 0 Å². The van der Waals surface area contributed by atoms with Crippen LogP contribution in [0.1, 0.15) is 11.3 Å². The van der Waals surface area contributed by atoms with Crippen molar-refractivity contribution in [2.24, 2.45) is 10.8 Å². The molecule has 0 aliphatic heterocycles. The Kier molecular flexibility index (Phi) is 4.52. The van der Waals surface area contributed by atoms with Gasteiger partial charge in [0.05, 0.1) is 10.6 Å². The van der Waals surface area contributed by atoms with E-state index in [0.717, 1.165) is 0 Å². The minimum absolute atomic E-state index is 0.00568. The van der Waals surface area contributed by atoms with E-state index in [1.54, 1.807) is 36.5 Å². The topological polar surface area (TPSA) is 106 Å². The number of thiocarbonyl (C=S) groups is 1. The lowest BCUT2D eigenvalue weighted by Crippen LogP contribution is -2.26. The van der Waals surface area contributed by atoms with Gasteiger partial charge in [-0.05, 0) is 24.4 Å². The number of nitrogens with zero attached hydrogens (tertiary/aromatic N) is 3. The number of nitro groups is 1. The number of nitro benzene ring substituents is 1. The van der Waals surface area contributed by atoms with Crippen LogP contribution in [-0.4, -0.2) is 20.7 Å². The number of hydrogen-bond donors (Lipinski definition) is 2. The van der Waals surface area contributed by atoms with Crippen molar-refractivity contribution in [3.8, 4) is 0 Å². The van der Waals surface area contributed by atoms with Crippen molar-refractivity contribution in [3.63, 3.8) is 0 Å². The molecule has 2 aromatic rings. The first kappa shape index (κ1) is 14.5. The lowest BCUT2D eigenvalue weighted by atomic mass is 10.1. The maximum absolute atomic E-state index is 10.9. The molecule has 0 radical (unpaired) electrons. The second-order valence-electron chi connectivity index (χ2n) is 3.96. The SMILES string of the molecule is NC(=S)N/N=C(\c1cccc([N+](=O)[O-])c1)c1ccccn1.